The molecule has 0 bridgehead atoms. The SMILES string of the molecule is C=C(C[C@@H](O)[C@@H]1COC(C)(C)O1)[C@@H](C)OCOCC[Si](C)(C)C. The Labute approximate surface area is 142 Å². The van der Waals surface area contributed by atoms with Crippen LogP contribution in [0.15, 0.2) is 12.2 Å². The van der Waals surface area contributed by atoms with Crippen molar-refractivity contribution in [1.82, 2.24) is 0 Å². The summed E-state index contributed by atoms with van der Waals surface area (Å²) < 4.78 is 22.3. The van der Waals surface area contributed by atoms with Crippen molar-refractivity contribution >= 4 is 8.07 Å². The molecule has 1 N–H and O–H groups in total. The molecule has 1 fully saturated rings. The Bertz CT molecular complexity index is 378. The average molecular weight is 347 g/mol. The van der Waals surface area contributed by atoms with Gasteiger partial charge in [0.25, 0.3) is 0 Å². The molecule has 0 saturated carbocycles. The van der Waals surface area contributed by atoms with Gasteiger partial charge in [-0.3, -0.25) is 0 Å². The first-order valence-corrected chi connectivity index (χ1v) is 12.1. The lowest BCUT2D eigenvalue weighted by Gasteiger charge is -2.23. The van der Waals surface area contributed by atoms with Crippen LogP contribution >= 0.6 is 0 Å². The van der Waals surface area contributed by atoms with Gasteiger partial charge in [0.2, 0.25) is 0 Å². The van der Waals surface area contributed by atoms with Gasteiger partial charge in [-0.1, -0.05) is 26.2 Å². The molecule has 6 heteroatoms. The molecule has 0 amide bonds. The van der Waals surface area contributed by atoms with Crippen LogP contribution in [0.4, 0.5) is 0 Å². The maximum atomic E-state index is 10.3. The fourth-order valence-corrected chi connectivity index (χ4v) is 2.93. The molecule has 1 heterocycles. The minimum absolute atomic E-state index is 0.160. The Morgan fingerprint density at radius 3 is 2.57 bits per heavy atom. The summed E-state index contributed by atoms with van der Waals surface area (Å²) in [5, 5.41) is 10.3. The van der Waals surface area contributed by atoms with Crippen molar-refractivity contribution < 1.29 is 24.1 Å². The summed E-state index contributed by atoms with van der Waals surface area (Å²) in [6.07, 6.45) is -0.683. The summed E-state index contributed by atoms with van der Waals surface area (Å²) in [5.41, 5.74) is 0.833. The Kier molecular flexibility index (Phi) is 7.90. The molecule has 5 nitrogen and oxygen atoms in total. The van der Waals surface area contributed by atoms with Crippen molar-refractivity contribution in [3.8, 4) is 0 Å². The van der Waals surface area contributed by atoms with Gasteiger partial charge in [0.05, 0.1) is 18.8 Å². The van der Waals surface area contributed by atoms with E-state index in [1.807, 2.05) is 20.8 Å². The number of aliphatic hydroxyl groups excluding tert-OH is 1. The highest BCUT2D eigenvalue weighted by molar-refractivity contribution is 6.76. The van der Waals surface area contributed by atoms with Crippen molar-refractivity contribution in [2.75, 3.05) is 20.0 Å². The van der Waals surface area contributed by atoms with Crippen LogP contribution in [0.25, 0.3) is 0 Å². The van der Waals surface area contributed by atoms with Crippen molar-refractivity contribution in [2.45, 2.75) is 77.0 Å². The third kappa shape index (κ3) is 8.42. The molecule has 0 aromatic heterocycles. The average Bonchev–Trinajstić information content (AvgIpc) is 2.77. The first kappa shape index (κ1) is 20.8. The van der Waals surface area contributed by atoms with Gasteiger partial charge in [0, 0.05) is 14.7 Å². The molecular formula is C17H34O5Si. The predicted octanol–water partition coefficient (Wildman–Crippen LogP) is 3.16. The lowest BCUT2D eigenvalue weighted by molar-refractivity contribution is -0.151. The van der Waals surface area contributed by atoms with E-state index < -0.39 is 20.0 Å². The summed E-state index contributed by atoms with van der Waals surface area (Å²) >= 11 is 0. The normalized spacial score (nSPS) is 23.7. The van der Waals surface area contributed by atoms with E-state index in [0.717, 1.165) is 18.2 Å². The zero-order valence-corrected chi connectivity index (χ0v) is 16.6. The molecule has 3 atom stereocenters. The van der Waals surface area contributed by atoms with Crippen LogP contribution in [-0.2, 0) is 18.9 Å². The molecular weight excluding hydrogens is 312 g/mol. The van der Waals surface area contributed by atoms with E-state index in [1.165, 1.54) is 0 Å². The van der Waals surface area contributed by atoms with Gasteiger partial charge in [0.1, 0.15) is 12.9 Å². The lowest BCUT2D eigenvalue weighted by atomic mass is 10.0. The first-order chi connectivity index (χ1) is 10.5. The van der Waals surface area contributed by atoms with E-state index >= 15 is 0 Å². The zero-order chi connectivity index (χ0) is 17.7. The van der Waals surface area contributed by atoms with Crippen LogP contribution < -0.4 is 0 Å². The molecule has 1 rings (SSSR count). The molecule has 0 aromatic rings. The predicted molar refractivity (Wildman–Crippen MR) is 94.2 cm³/mol. The minimum Gasteiger partial charge on any atom is -0.390 e. The smallest absolute Gasteiger partial charge is 0.163 e. The molecule has 136 valence electrons. The summed E-state index contributed by atoms with van der Waals surface area (Å²) in [6.45, 7) is 18.0. The van der Waals surface area contributed by atoms with E-state index in [-0.39, 0.29) is 19.0 Å². The third-order valence-electron chi connectivity index (χ3n) is 3.90. The Balaban J connectivity index is 2.21. The fraction of sp³-hybridized carbons (Fsp3) is 0.882. The van der Waals surface area contributed by atoms with Gasteiger partial charge >= 0.3 is 0 Å². The van der Waals surface area contributed by atoms with Gasteiger partial charge in [-0.25, -0.2) is 0 Å². The Morgan fingerprint density at radius 2 is 2.04 bits per heavy atom. The molecule has 1 aliphatic heterocycles. The van der Waals surface area contributed by atoms with E-state index in [2.05, 4.69) is 26.2 Å². The van der Waals surface area contributed by atoms with E-state index in [1.54, 1.807) is 0 Å². The van der Waals surface area contributed by atoms with Crippen LogP contribution in [-0.4, -0.2) is 57.3 Å². The highest BCUT2D eigenvalue weighted by Gasteiger charge is 2.37. The molecule has 23 heavy (non-hydrogen) atoms. The second kappa shape index (κ2) is 8.74. The monoisotopic (exact) mass is 346 g/mol. The number of hydrogen-bond donors (Lipinski definition) is 1. The molecule has 0 spiro atoms. The molecule has 0 radical (unpaired) electrons. The van der Waals surface area contributed by atoms with E-state index in [0.29, 0.717) is 13.0 Å². The molecule has 1 saturated heterocycles. The van der Waals surface area contributed by atoms with Crippen molar-refractivity contribution in [3.63, 3.8) is 0 Å². The van der Waals surface area contributed by atoms with Gasteiger partial charge in [0.15, 0.2) is 5.79 Å². The summed E-state index contributed by atoms with van der Waals surface area (Å²) in [6, 6.07) is 1.12. The van der Waals surface area contributed by atoms with Crippen LogP contribution in [0.5, 0.6) is 0 Å². The Hall–Kier alpha value is -0.243. The lowest BCUT2D eigenvalue weighted by Crippen LogP contribution is -2.32. The maximum Gasteiger partial charge on any atom is 0.163 e. The zero-order valence-electron chi connectivity index (χ0n) is 15.6. The van der Waals surface area contributed by atoms with Gasteiger partial charge in [-0.05, 0) is 38.8 Å². The minimum atomic E-state index is -1.06. The van der Waals surface area contributed by atoms with E-state index in [9.17, 15) is 5.11 Å². The standard InChI is InChI=1S/C17H34O5Si/c1-13(10-15(18)16-11-21-17(3,4)22-16)14(2)20-12-19-8-9-23(5,6)7/h14-16,18H,1,8-12H2,2-7H3/t14-,15-,16+/m1/s1. The summed E-state index contributed by atoms with van der Waals surface area (Å²) in [7, 11) is -1.06. The van der Waals surface area contributed by atoms with Gasteiger partial charge in [-0.15, -0.1) is 0 Å². The topological polar surface area (TPSA) is 57.2 Å². The van der Waals surface area contributed by atoms with Gasteiger partial charge in [-0.2, -0.15) is 0 Å². The highest BCUT2D eigenvalue weighted by atomic mass is 28.3. The third-order valence-corrected chi connectivity index (χ3v) is 5.61. The van der Waals surface area contributed by atoms with Crippen LogP contribution in [0.1, 0.15) is 27.2 Å². The number of rotatable bonds is 10. The second-order valence-corrected chi connectivity index (χ2v) is 13.6. The van der Waals surface area contributed by atoms with Gasteiger partial charge < -0.3 is 24.1 Å². The maximum absolute atomic E-state index is 10.3. The quantitative estimate of drug-likeness (QED) is 0.285. The summed E-state index contributed by atoms with van der Waals surface area (Å²) in [4.78, 5) is 0. The van der Waals surface area contributed by atoms with Crippen LogP contribution in [0.3, 0.4) is 0 Å². The molecule has 1 aliphatic rings. The molecule has 0 unspecified atom stereocenters. The van der Waals surface area contributed by atoms with Crippen LogP contribution in [0.2, 0.25) is 25.7 Å². The van der Waals surface area contributed by atoms with E-state index in [4.69, 9.17) is 18.9 Å². The number of hydrogen-bond acceptors (Lipinski definition) is 5. The fourth-order valence-electron chi connectivity index (χ4n) is 2.18. The largest absolute Gasteiger partial charge is 0.390 e. The van der Waals surface area contributed by atoms with Crippen molar-refractivity contribution in [1.29, 1.82) is 0 Å². The van der Waals surface area contributed by atoms with Crippen LogP contribution in [0, 0.1) is 0 Å². The first-order valence-electron chi connectivity index (χ1n) is 8.37. The van der Waals surface area contributed by atoms with Crippen molar-refractivity contribution in [2.24, 2.45) is 0 Å². The second-order valence-electron chi connectivity index (χ2n) is 7.94. The summed E-state index contributed by atoms with van der Waals surface area (Å²) in [5.74, 6) is -0.626. The Morgan fingerprint density at radius 1 is 1.39 bits per heavy atom. The van der Waals surface area contributed by atoms with Crippen molar-refractivity contribution in [3.05, 3.63) is 12.2 Å². The number of ether oxygens (including phenoxy) is 4. The molecule has 0 aromatic carbocycles. The highest BCUT2D eigenvalue weighted by Crippen LogP contribution is 2.26. The molecule has 0 aliphatic carbocycles. The number of aliphatic hydroxyl groups is 1.